The zero-order valence-corrected chi connectivity index (χ0v) is 12.5. The SMILES string of the molecule is CC(C)C(=O)Nc1cc(OC(=O)C(C)C)ccc1C(=O)O. The van der Waals surface area contributed by atoms with Gasteiger partial charge in [0.05, 0.1) is 17.2 Å². The molecule has 1 amide bonds. The number of rotatable bonds is 5. The van der Waals surface area contributed by atoms with Crippen molar-refractivity contribution < 1.29 is 24.2 Å². The minimum absolute atomic E-state index is 0.0617. The van der Waals surface area contributed by atoms with Gasteiger partial charge < -0.3 is 15.2 Å². The maximum Gasteiger partial charge on any atom is 0.337 e. The van der Waals surface area contributed by atoms with E-state index in [4.69, 9.17) is 9.84 Å². The second-order valence-corrected chi connectivity index (χ2v) is 5.23. The first-order valence-electron chi connectivity index (χ1n) is 6.62. The highest BCUT2D eigenvalue weighted by Gasteiger charge is 2.17. The van der Waals surface area contributed by atoms with Crippen molar-refractivity contribution in [1.29, 1.82) is 0 Å². The van der Waals surface area contributed by atoms with Gasteiger partial charge in [0, 0.05) is 12.0 Å². The molecular formula is C15H19NO5. The second kappa shape index (κ2) is 6.88. The van der Waals surface area contributed by atoms with Gasteiger partial charge in [0.15, 0.2) is 0 Å². The lowest BCUT2D eigenvalue weighted by molar-refractivity contribution is -0.137. The highest BCUT2D eigenvalue weighted by molar-refractivity contribution is 6.01. The maximum absolute atomic E-state index is 11.7. The van der Waals surface area contributed by atoms with Crippen LogP contribution in [0.1, 0.15) is 38.1 Å². The number of carboxylic acid groups (broad SMARTS) is 1. The number of ether oxygens (including phenoxy) is 1. The highest BCUT2D eigenvalue weighted by atomic mass is 16.5. The van der Waals surface area contributed by atoms with Gasteiger partial charge in [-0.1, -0.05) is 27.7 Å². The first-order valence-corrected chi connectivity index (χ1v) is 6.62. The van der Waals surface area contributed by atoms with Crippen molar-refractivity contribution >= 4 is 23.5 Å². The number of hydrogen-bond acceptors (Lipinski definition) is 4. The van der Waals surface area contributed by atoms with Crippen LogP contribution in [0.2, 0.25) is 0 Å². The van der Waals surface area contributed by atoms with Gasteiger partial charge >= 0.3 is 11.9 Å². The summed E-state index contributed by atoms with van der Waals surface area (Å²) in [7, 11) is 0. The molecular weight excluding hydrogens is 274 g/mol. The molecule has 6 heteroatoms. The number of hydrogen-bond donors (Lipinski definition) is 2. The van der Waals surface area contributed by atoms with Crippen LogP contribution in [0, 0.1) is 11.8 Å². The van der Waals surface area contributed by atoms with E-state index in [0.717, 1.165) is 0 Å². The maximum atomic E-state index is 11.7. The number of aromatic carboxylic acids is 1. The number of benzene rings is 1. The van der Waals surface area contributed by atoms with Gasteiger partial charge in [0.25, 0.3) is 0 Å². The van der Waals surface area contributed by atoms with E-state index in [1.54, 1.807) is 27.7 Å². The molecule has 0 radical (unpaired) electrons. The minimum Gasteiger partial charge on any atom is -0.478 e. The lowest BCUT2D eigenvalue weighted by Crippen LogP contribution is -2.20. The Kier molecular flexibility index (Phi) is 5.46. The Balaban J connectivity index is 3.09. The first-order chi connectivity index (χ1) is 9.72. The van der Waals surface area contributed by atoms with Crippen molar-refractivity contribution in [1.82, 2.24) is 0 Å². The predicted molar refractivity (Wildman–Crippen MR) is 77.3 cm³/mol. The Morgan fingerprint density at radius 2 is 1.71 bits per heavy atom. The Morgan fingerprint density at radius 1 is 1.10 bits per heavy atom. The Bertz CT molecular complexity index is 563. The van der Waals surface area contributed by atoms with E-state index < -0.39 is 11.9 Å². The fraction of sp³-hybridized carbons (Fsp3) is 0.400. The van der Waals surface area contributed by atoms with Gasteiger partial charge in [-0.15, -0.1) is 0 Å². The van der Waals surface area contributed by atoms with Crippen LogP contribution in [0.25, 0.3) is 0 Å². The monoisotopic (exact) mass is 293 g/mol. The Hall–Kier alpha value is -2.37. The molecule has 0 atom stereocenters. The van der Waals surface area contributed by atoms with Gasteiger partial charge in [0.2, 0.25) is 5.91 Å². The molecule has 2 N–H and O–H groups in total. The third-order valence-corrected chi connectivity index (χ3v) is 2.69. The molecule has 0 heterocycles. The summed E-state index contributed by atoms with van der Waals surface area (Å²) in [5, 5.41) is 11.6. The van der Waals surface area contributed by atoms with Crippen LogP contribution in [0.3, 0.4) is 0 Å². The van der Waals surface area contributed by atoms with E-state index in [9.17, 15) is 14.4 Å². The van der Waals surface area contributed by atoms with Gasteiger partial charge in [-0.2, -0.15) is 0 Å². The van der Waals surface area contributed by atoms with Crippen molar-refractivity contribution in [3.05, 3.63) is 23.8 Å². The molecule has 0 unspecified atom stereocenters. The largest absolute Gasteiger partial charge is 0.478 e. The topological polar surface area (TPSA) is 92.7 Å². The van der Waals surface area contributed by atoms with Crippen LogP contribution in [0.15, 0.2) is 18.2 Å². The fourth-order valence-electron chi connectivity index (χ4n) is 1.39. The van der Waals surface area contributed by atoms with Crippen LogP contribution in [0.5, 0.6) is 5.75 Å². The summed E-state index contributed by atoms with van der Waals surface area (Å²) in [5.74, 6) is -2.33. The second-order valence-electron chi connectivity index (χ2n) is 5.23. The summed E-state index contributed by atoms with van der Waals surface area (Å²) < 4.78 is 5.11. The average Bonchev–Trinajstić information content (AvgIpc) is 2.38. The van der Waals surface area contributed by atoms with Crippen LogP contribution >= 0.6 is 0 Å². The highest BCUT2D eigenvalue weighted by Crippen LogP contribution is 2.24. The van der Waals surface area contributed by atoms with E-state index in [0.29, 0.717) is 0 Å². The number of carbonyl (C=O) groups excluding carboxylic acids is 2. The quantitative estimate of drug-likeness (QED) is 0.643. The molecule has 0 spiro atoms. The number of anilines is 1. The average molecular weight is 293 g/mol. The normalized spacial score (nSPS) is 10.6. The fourth-order valence-corrected chi connectivity index (χ4v) is 1.39. The summed E-state index contributed by atoms with van der Waals surface area (Å²) in [6.45, 7) is 6.77. The van der Waals surface area contributed by atoms with E-state index >= 15 is 0 Å². The lowest BCUT2D eigenvalue weighted by Gasteiger charge is -2.13. The summed E-state index contributed by atoms with van der Waals surface area (Å²) in [5.41, 5.74) is 0.0450. The molecule has 0 aliphatic rings. The summed E-state index contributed by atoms with van der Waals surface area (Å²) in [6, 6.07) is 4.01. The smallest absolute Gasteiger partial charge is 0.337 e. The molecule has 1 rings (SSSR count). The molecule has 0 fully saturated rings. The molecule has 6 nitrogen and oxygen atoms in total. The van der Waals surface area contributed by atoms with Crippen molar-refractivity contribution in [2.45, 2.75) is 27.7 Å². The van der Waals surface area contributed by atoms with Crippen LogP contribution in [0.4, 0.5) is 5.69 Å². The van der Waals surface area contributed by atoms with Gasteiger partial charge in [-0.25, -0.2) is 4.79 Å². The zero-order chi connectivity index (χ0) is 16.2. The van der Waals surface area contributed by atoms with Crippen molar-refractivity contribution in [2.24, 2.45) is 11.8 Å². The lowest BCUT2D eigenvalue weighted by atomic mass is 10.1. The Morgan fingerprint density at radius 3 is 2.19 bits per heavy atom. The van der Waals surface area contributed by atoms with E-state index in [1.807, 2.05) is 0 Å². The summed E-state index contributed by atoms with van der Waals surface area (Å²) >= 11 is 0. The zero-order valence-electron chi connectivity index (χ0n) is 12.5. The van der Waals surface area contributed by atoms with Crippen molar-refractivity contribution in [2.75, 3.05) is 5.32 Å². The third-order valence-electron chi connectivity index (χ3n) is 2.69. The third kappa shape index (κ3) is 4.59. The predicted octanol–water partition coefficient (Wildman–Crippen LogP) is 2.54. The van der Waals surface area contributed by atoms with E-state index in [1.165, 1.54) is 18.2 Å². The number of amides is 1. The minimum atomic E-state index is -1.17. The number of carbonyl (C=O) groups is 3. The van der Waals surface area contributed by atoms with Crippen molar-refractivity contribution in [3.8, 4) is 5.75 Å². The molecule has 114 valence electrons. The van der Waals surface area contributed by atoms with Gasteiger partial charge in [-0.3, -0.25) is 9.59 Å². The number of nitrogens with one attached hydrogen (secondary N) is 1. The number of carboxylic acids is 1. The molecule has 0 aromatic heterocycles. The molecule has 1 aromatic rings. The summed E-state index contributed by atoms with van der Waals surface area (Å²) in [4.78, 5) is 34.4. The standard InChI is InChI=1S/C15H19NO5/c1-8(2)13(17)16-12-7-10(21-15(20)9(3)4)5-6-11(12)14(18)19/h5-9H,1-4H3,(H,16,17)(H,18,19). The van der Waals surface area contributed by atoms with E-state index in [2.05, 4.69) is 5.32 Å². The van der Waals surface area contributed by atoms with Crippen LogP contribution in [-0.2, 0) is 9.59 Å². The number of esters is 1. The molecule has 21 heavy (non-hydrogen) atoms. The van der Waals surface area contributed by atoms with Crippen LogP contribution < -0.4 is 10.1 Å². The molecule has 1 aromatic carbocycles. The molecule has 0 aliphatic carbocycles. The molecule has 0 aliphatic heterocycles. The molecule has 0 saturated carbocycles. The van der Waals surface area contributed by atoms with Gasteiger partial charge in [-0.05, 0) is 12.1 Å². The van der Waals surface area contributed by atoms with Crippen LogP contribution in [-0.4, -0.2) is 23.0 Å². The molecule has 0 saturated heterocycles. The molecule has 0 bridgehead atoms. The van der Waals surface area contributed by atoms with Gasteiger partial charge in [0.1, 0.15) is 5.75 Å². The van der Waals surface area contributed by atoms with E-state index in [-0.39, 0.29) is 34.7 Å². The first kappa shape index (κ1) is 16.7. The van der Waals surface area contributed by atoms with Crippen molar-refractivity contribution in [3.63, 3.8) is 0 Å². The Labute approximate surface area is 123 Å². The summed E-state index contributed by atoms with van der Waals surface area (Å²) in [6.07, 6.45) is 0.